The minimum absolute atomic E-state index is 0.0123. The summed E-state index contributed by atoms with van der Waals surface area (Å²) < 4.78 is 12.2. The lowest BCUT2D eigenvalue weighted by atomic mass is 9.95. The van der Waals surface area contributed by atoms with E-state index in [1.165, 1.54) is 0 Å². The number of hydrogen-bond acceptors (Lipinski definition) is 4. The standard InChI is InChI=1S/C25H27Cl3N2O4/c26-19-5-4-6-20(14-19)33-17-25(15-23(31)29-9-2-1-3-10-29)16-30(11-12-34-25)24(32)18-7-8-21(27)22(28)13-18/h4-8,13-14H,1-3,9-12,15-17H2/t25-/m0/s1. The zero-order chi connectivity index (χ0) is 24.1. The molecule has 4 rings (SSSR count). The van der Waals surface area contributed by atoms with Gasteiger partial charge in [0.05, 0.1) is 29.6 Å². The number of likely N-dealkylation sites (tertiary alicyclic amines) is 1. The number of hydrogen-bond donors (Lipinski definition) is 0. The van der Waals surface area contributed by atoms with Crippen LogP contribution >= 0.6 is 34.8 Å². The Kier molecular flexibility index (Phi) is 8.25. The van der Waals surface area contributed by atoms with Gasteiger partial charge in [-0.3, -0.25) is 9.59 Å². The van der Waals surface area contributed by atoms with Crippen LogP contribution in [-0.4, -0.2) is 66.6 Å². The summed E-state index contributed by atoms with van der Waals surface area (Å²) in [7, 11) is 0. The van der Waals surface area contributed by atoms with Crippen molar-refractivity contribution in [3.05, 3.63) is 63.1 Å². The van der Waals surface area contributed by atoms with E-state index >= 15 is 0 Å². The van der Waals surface area contributed by atoms with Crippen molar-refractivity contribution in [3.63, 3.8) is 0 Å². The summed E-state index contributed by atoms with van der Waals surface area (Å²) in [4.78, 5) is 30.0. The van der Waals surface area contributed by atoms with Crippen LogP contribution in [0.2, 0.25) is 15.1 Å². The molecule has 2 aliphatic heterocycles. The molecule has 0 bridgehead atoms. The lowest BCUT2D eigenvalue weighted by molar-refractivity contribution is -0.153. The maximum absolute atomic E-state index is 13.3. The molecule has 2 aromatic carbocycles. The Hall–Kier alpha value is -1.99. The van der Waals surface area contributed by atoms with Gasteiger partial charge in [-0.15, -0.1) is 0 Å². The Labute approximate surface area is 214 Å². The number of carbonyl (C=O) groups is 2. The van der Waals surface area contributed by atoms with Crippen LogP contribution in [0.25, 0.3) is 0 Å². The van der Waals surface area contributed by atoms with Crippen molar-refractivity contribution in [2.24, 2.45) is 0 Å². The third kappa shape index (κ3) is 6.16. The molecule has 0 aromatic heterocycles. The van der Waals surface area contributed by atoms with Crippen molar-refractivity contribution in [1.29, 1.82) is 0 Å². The minimum Gasteiger partial charge on any atom is -0.490 e. The highest BCUT2D eigenvalue weighted by atomic mass is 35.5. The second kappa shape index (κ2) is 11.2. The molecule has 1 atom stereocenters. The third-order valence-corrected chi connectivity index (χ3v) is 7.16. The zero-order valence-corrected chi connectivity index (χ0v) is 21.0. The van der Waals surface area contributed by atoms with E-state index in [1.807, 2.05) is 4.90 Å². The number of rotatable bonds is 6. The number of nitrogens with zero attached hydrogens (tertiary/aromatic N) is 2. The molecule has 2 saturated heterocycles. The van der Waals surface area contributed by atoms with Crippen molar-refractivity contribution in [2.45, 2.75) is 31.3 Å². The fourth-order valence-electron chi connectivity index (χ4n) is 4.38. The molecule has 9 heteroatoms. The number of benzene rings is 2. The molecule has 2 aliphatic rings. The Balaban J connectivity index is 1.54. The SMILES string of the molecule is O=C(C[C@@]1(COc2cccc(Cl)c2)CN(C(=O)c2ccc(Cl)c(Cl)c2)CCO1)N1CCCCC1. The Morgan fingerprint density at radius 1 is 0.941 bits per heavy atom. The highest BCUT2D eigenvalue weighted by molar-refractivity contribution is 6.42. The molecule has 2 heterocycles. The van der Waals surface area contributed by atoms with Gasteiger partial charge in [0.2, 0.25) is 5.91 Å². The Bertz CT molecular complexity index is 1040. The van der Waals surface area contributed by atoms with Crippen LogP contribution in [-0.2, 0) is 9.53 Å². The van der Waals surface area contributed by atoms with E-state index in [-0.39, 0.29) is 31.4 Å². The van der Waals surface area contributed by atoms with Gasteiger partial charge in [-0.2, -0.15) is 0 Å². The first-order valence-electron chi connectivity index (χ1n) is 11.4. The summed E-state index contributed by atoms with van der Waals surface area (Å²) in [5.41, 5.74) is -0.552. The summed E-state index contributed by atoms with van der Waals surface area (Å²) >= 11 is 18.2. The molecule has 2 aromatic rings. The first-order chi connectivity index (χ1) is 16.3. The fraction of sp³-hybridized carbons (Fsp3) is 0.440. The van der Waals surface area contributed by atoms with Gasteiger partial charge in [0, 0.05) is 30.2 Å². The molecule has 0 radical (unpaired) electrons. The van der Waals surface area contributed by atoms with Gasteiger partial charge in [-0.05, 0) is 55.7 Å². The van der Waals surface area contributed by atoms with Crippen LogP contribution in [0.3, 0.4) is 0 Å². The number of ether oxygens (including phenoxy) is 2. The molecule has 2 amide bonds. The maximum Gasteiger partial charge on any atom is 0.254 e. The van der Waals surface area contributed by atoms with Crippen molar-refractivity contribution < 1.29 is 19.1 Å². The predicted molar refractivity (Wildman–Crippen MR) is 133 cm³/mol. The van der Waals surface area contributed by atoms with Gasteiger partial charge in [0.15, 0.2) is 0 Å². The van der Waals surface area contributed by atoms with E-state index in [0.717, 1.165) is 32.4 Å². The average Bonchev–Trinajstić information content (AvgIpc) is 2.85. The van der Waals surface area contributed by atoms with E-state index < -0.39 is 5.60 Å². The van der Waals surface area contributed by atoms with E-state index in [4.69, 9.17) is 44.3 Å². The number of carbonyl (C=O) groups excluding carboxylic acids is 2. The molecule has 0 aliphatic carbocycles. The van der Waals surface area contributed by atoms with Crippen LogP contribution in [0.1, 0.15) is 36.0 Å². The zero-order valence-electron chi connectivity index (χ0n) is 18.8. The van der Waals surface area contributed by atoms with Gasteiger partial charge in [0.1, 0.15) is 18.0 Å². The first-order valence-corrected chi connectivity index (χ1v) is 12.5. The van der Waals surface area contributed by atoms with Crippen LogP contribution in [0.4, 0.5) is 0 Å². The summed E-state index contributed by atoms with van der Waals surface area (Å²) in [6.45, 7) is 2.51. The van der Waals surface area contributed by atoms with Gasteiger partial charge in [-0.1, -0.05) is 40.9 Å². The Morgan fingerprint density at radius 3 is 2.47 bits per heavy atom. The van der Waals surface area contributed by atoms with Gasteiger partial charge < -0.3 is 19.3 Å². The third-order valence-electron chi connectivity index (χ3n) is 6.18. The predicted octanol–water partition coefficient (Wildman–Crippen LogP) is 5.34. The van der Waals surface area contributed by atoms with Gasteiger partial charge in [-0.25, -0.2) is 0 Å². The van der Waals surface area contributed by atoms with E-state index in [1.54, 1.807) is 47.4 Å². The molecule has 0 N–H and O–H groups in total. The lowest BCUT2D eigenvalue weighted by Gasteiger charge is -2.43. The number of morpholine rings is 1. The fourth-order valence-corrected chi connectivity index (χ4v) is 4.86. The molecule has 182 valence electrons. The normalized spacial score (nSPS) is 20.8. The molecule has 0 saturated carbocycles. The van der Waals surface area contributed by atoms with Crippen LogP contribution in [0, 0.1) is 0 Å². The van der Waals surface area contributed by atoms with Crippen LogP contribution in [0.5, 0.6) is 5.75 Å². The number of halogens is 3. The highest BCUT2D eigenvalue weighted by Crippen LogP contribution is 2.29. The summed E-state index contributed by atoms with van der Waals surface area (Å²) in [6, 6.07) is 11.9. The van der Waals surface area contributed by atoms with Crippen molar-refractivity contribution >= 4 is 46.6 Å². The van der Waals surface area contributed by atoms with E-state index in [0.29, 0.717) is 39.5 Å². The van der Waals surface area contributed by atoms with E-state index in [2.05, 4.69) is 0 Å². The number of amides is 2. The molecule has 6 nitrogen and oxygen atoms in total. The largest absolute Gasteiger partial charge is 0.490 e. The quantitative estimate of drug-likeness (QED) is 0.511. The highest BCUT2D eigenvalue weighted by Gasteiger charge is 2.42. The monoisotopic (exact) mass is 524 g/mol. The smallest absolute Gasteiger partial charge is 0.254 e. The number of piperidine rings is 1. The van der Waals surface area contributed by atoms with Crippen molar-refractivity contribution in [1.82, 2.24) is 9.80 Å². The summed E-state index contributed by atoms with van der Waals surface area (Å²) in [6.07, 6.45) is 3.26. The molecule has 0 spiro atoms. The Morgan fingerprint density at radius 2 is 1.74 bits per heavy atom. The molecular weight excluding hydrogens is 499 g/mol. The van der Waals surface area contributed by atoms with Crippen LogP contribution in [0.15, 0.2) is 42.5 Å². The molecular formula is C25H27Cl3N2O4. The summed E-state index contributed by atoms with van der Waals surface area (Å²) in [5, 5.41) is 1.25. The second-order valence-corrected chi connectivity index (χ2v) is 10.0. The van der Waals surface area contributed by atoms with Crippen molar-refractivity contribution in [2.75, 3.05) is 39.4 Å². The first kappa shape index (κ1) is 25.1. The second-order valence-electron chi connectivity index (χ2n) is 8.75. The van der Waals surface area contributed by atoms with Crippen molar-refractivity contribution in [3.8, 4) is 5.75 Å². The van der Waals surface area contributed by atoms with E-state index in [9.17, 15) is 9.59 Å². The molecule has 34 heavy (non-hydrogen) atoms. The van der Waals surface area contributed by atoms with Gasteiger partial charge >= 0.3 is 0 Å². The maximum atomic E-state index is 13.3. The lowest BCUT2D eigenvalue weighted by Crippen LogP contribution is -2.58. The molecule has 0 unspecified atom stereocenters. The topological polar surface area (TPSA) is 59.1 Å². The van der Waals surface area contributed by atoms with Gasteiger partial charge in [0.25, 0.3) is 5.91 Å². The molecule has 2 fully saturated rings. The minimum atomic E-state index is -0.985. The average molecular weight is 526 g/mol. The summed E-state index contributed by atoms with van der Waals surface area (Å²) in [5.74, 6) is 0.395. The van der Waals surface area contributed by atoms with Crippen LogP contribution < -0.4 is 4.74 Å².